The van der Waals surface area contributed by atoms with Crippen molar-refractivity contribution >= 4 is 11.8 Å². The molecule has 3 rings (SSSR count). The fourth-order valence-corrected chi connectivity index (χ4v) is 3.36. The molecule has 2 amide bonds. The molecule has 1 aliphatic carbocycles. The summed E-state index contributed by atoms with van der Waals surface area (Å²) in [7, 11) is 0. The summed E-state index contributed by atoms with van der Waals surface area (Å²) in [6.07, 6.45) is 10.5. The molecule has 1 aliphatic rings. The zero-order valence-corrected chi connectivity index (χ0v) is 15.9. The number of ether oxygens (including phenoxy) is 1. The number of nitrogens with zero attached hydrogens (tertiary/aromatic N) is 3. The molecule has 0 radical (unpaired) electrons. The molecule has 3 atom stereocenters. The Labute approximate surface area is 163 Å². The Morgan fingerprint density at radius 2 is 2.18 bits per heavy atom. The van der Waals surface area contributed by atoms with Crippen molar-refractivity contribution in [3.63, 3.8) is 0 Å². The van der Waals surface area contributed by atoms with E-state index in [1.807, 2.05) is 6.92 Å². The maximum atomic E-state index is 12.6. The molecule has 150 valence electrons. The minimum atomic E-state index is -0.197. The van der Waals surface area contributed by atoms with Gasteiger partial charge in [-0.1, -0.05) is 6.92 Å². The molecule has 1 saturated carbocycles. The summed E-state index contributed by atoms with van der Waals surface area (Å²) in [6, 6.07) is -0.127. The van der Waals surface area contributed by atoms with Gasteiger partial charge in [-0.05, 0) is 25.7 Å². The predicted molar refractivity (Wildman–Crippen MR) is 101 cm³/mol. The molecular formula is C19H26N6O3. The van der Waals surface area contributed by atoms with Crippen LogP contribution in [-0.2, 0) is 16.1 Å². The number of aromatic amines is 1. The summed E-state index contributed by atoms with van der Waals surface area (Å²) >= 11 is 0. The van der Waals surface area contributed by atoms with Crippen LogP contribution >= 0.6 is 0 Å². The van der Waals surface area contributed by atoms with Gasteiger partial charge in [0.05, 0.1) is 42.3 Å². The van der Waals surface area contributed by atoms with Crippen molar-refractivity contribution in [1.82, 2.24) is 30.8 Å². The number of amides is 2. The van der Waals surface area contributed by atoms with Crippen molar-refractivity contribution in [2.45, 2.75) is 51.3 Å². The lowest BCUT2D eigenvalue weighted by atomic mass is 9.83. The Morgan fingerprint density at radius 3 is 2.89 bits per heavy atom. The predicted octanol–water partition coefficient (Wildman–Crippen LogP) is 1.21. The van der Waals surface area contributed by atoms with Crippen LogP contribution in [0.25, 0.3) is 0 Å². The Hall–Kier alpha value is -2.81. The van der Waals surface area contributed by atoms with E-state index in [1.165, 1.54) is 6.20 Å². The van der Waals surface area contributed by atoms with Crippen molar-refractivity contribution in [3.05, 3.63) is 42.2 Å². The van der Waals surface area contributed by atoms with Gasteiger partial charge in [-0.15, -0.1) is 0 Å². The molecule has 9 nitrogen and oxygen atoms in total. The smallest absolute Gasteiger partial charge is 0.254 e. The molecule has 2 aromatic rings. The molecular weight excluding hydrogens is 360 g/mol. The number of hydrogen-bond acceptors (Lipinski definition) is 6. The van der Waals surface area contributed by atoms with E-state index in [9.17, 15) is 9.59 Å². The van der Waals surface area contributed by atoms with Crippen molar-refractivity contribution in [2.75, 3.05) is 6.61 Å². The highest BCUT2D eigenvalue weighted by atomic mass is 16.5. The van der Waals surface area contributed by atoms with Crippen LogP contribution in [0.5, 0.6) is 0 Å². The number of rotatable bonds is 8. The van der Waals surface area contributed by atoms with Gasteiger partial charge in [0.25, 0.3) is 5.91 Å². The molecule has 0 aromatic carbocycles. The summed E-state index contributed by atoms with van der Waals surface area (Å²) in [4.78, 5) is 33.1. The first-order valence-corrected chi connectivity index (χ1v) is 9.61. The topological polar surface area (TPSA) is 122 Å². The second-order valence-electron chi connectivity index (χ2n) is 6.90. The highest BCUT2D eigenvalue weighted by Gasteiger charge is 2.35. The molecule has 0 saturated heterocycles. The lowest BCUT2D eigenvalue weighted by Gasteiger charge is -2.35. The third kappa shape index (κ3) is 5.35. The Kier molecular flexibility index (Phi) is 7.07. The van der Waals surface area contributed by atoms with Crippen molar-refractivity contribution in [1.29, 1.82) is 0 Å². The van der Waals surface area contributed by atoms with Crippen molar-refractivity contribution < 1.29 is 14.3 Å². The summed E-state index contributed by atoms with van der Waals surface area (Å²) in [5, 5.41) is 12.4. The fourth-order valence-electron chi connectivity index (χ4n) is 3.36. The second kappa shape index (κ2) is 9.93. The van der Waals surface area contributed by atoms with Crippen LogP contribution in [-0.4, -0.2) is 50.7 Å². The maximum absolute atomic E-state index is 12.6. The number of carbonyl (C=O) groups is 2. The van der Waals surface area contributed by atoms with Gasteiger partial charge >= 0.3 is 0 Å². The minimum absolute atomic E-state index is 0.0182. The normalized spacial score (nSPS) is 21.8. The first-order chi connectivity index (χ1) is 13.7. The average molecular weight is 386 g/mol. The zero-order chi connectivity index (χ0) is 19.8. The van der Waals surface area contributed by atoms with Crippen LogP contribution in [0.2, 0.25) is 0 Å². The molecule has 3 N–H and O–H groups in total. The van der Waals surface area contributed by atoms with Gasteiger partial charge in [0.15, 0.2) is 0 Å². The van der Waals surface area contributed by atoms with Gasteiger partial charge in [0, 0.05) is 31.1 Å². The molecule has 28 heavy (non-hydrogen) atoms. The lowest BCUT2D eigenvalue weighted by Crippen LogP contribution is -2.50. The first kappa shape index (κ1) is 19.9. The molecule has 9 heteroatoms. The molecule has 0 unspecified atom stereocenters. The number of H-pyrrole nitrogens is 1. The first-order valence-electron chi connectivity index (χ1n) is 9.61. The molecule has 0 spiro atoms. The number of nitrogens with one attached hydrogen (secondary N) is 3. The highest BCUT2D eigenvalue weighted by Crippen LogP contribution is 2.27. The Morgan fingerprint density at radius 1 is 1.29 bits per heavy atom. The van der Waals surface area contributed by atoms with E-state index >= 15 is 0 Å². The van der Waals surface area contributed by atoms with Gasteiger partial charge in [-0.3, -0.25) is 24.7 Å². The van der Waals surface area contributed by atoms with Crippen molar-refractivity contribution in [3.8, 4) is 0 Å². The molecule has 2 aromatic heterocycles. The summed E-state index contributed by atoms with van der Waals surface area (Å²) in [5.74, 6) is -0.356. The molecule has 1 fully saturated rings. The SMILES string of the molecule is CCCO[C@@H]1C[C@@H](C(=O)NCc2cnccn2)CC[C@H]1NC(=O)c1cn[nH]c1. The molecule has 0 bridgehead atoms. The van der Waals surface area contributed by atoms with E-state index < -0.39 is 0 Å². The quantitative estimate of drug-likeness (QED) is 0.627. The van der Waals surface area contributed by atoms with Crippen LogP contribution in [0.3, 0.4) is 0 Å². The number of carbonyl (C=O) groups excluding carboxylic acids is 2. The van der Waals surface area contributed by atoms with E-state index in [1.54, 1.807) is 24.8 Å². The summed E-state index contributed by atoms with van der Waals surface area (Å²) in [5.41, 5.74) is 1.20. The highest BCUT2D eigenvalue weighted by molar-refractivity contribution is 5.93. The molecule has 0 aliphatic heterocycles. The maximum Gasteiger partial charge on any atom is 0.254 e. The number of hydrogen-bond donors (Lipinski definition) is 3. The van der Waals surface area contributed by atoms with E-state index in [4.69, 9.17) is 4.74 Å². The third-order valence-electron chi connectivity index (χ3n) is 4.84. The van der Waals surface area contributed by atoms with Gasteiger partial charge in [0.1, 0.15) is 0 Å². The lowest BCUT2D eigenvalue weighted by molar-refractivity contribution is -0.128. The van der Waals surface area contributed by atoms with Gasteiger partial charge < -0.3 is 15.4 Å². The second-order valence-corrected chi connectivity index (χ2v) is 6.90. The van der Waals surface area contributed by atoms with E-state index in [-0.39, 0.29) is 29.9 Å². The number of aromatic nitrogens is 4. The summed E-state index contributed by atoms with van der Waals surface area (Å²) < 4.78 is 5.97. The monoisotopic (exact) mass is 386 g/mol. The Bertz CT molecular complexity index is 752. The van der Waals surface area contributed by atoms with E-state index in [0.29, 0.717) is 38.0 Å². The van der Waals surface area contributed by atoms with Crippen LogP contribution in [0.1, 0.15) is 48.7 Å². The fraction of sp³-hybridized carbons (Fsp3) is 0.526. The van der Waals surface area contributed by atoms with Crippen LogP contribution < -0.4 is 10.6 Å². The van der Waals surface area contributed by atoms with Gasteiger partial charge in [-0.2, -0.15) is 5.10 Å². The van der Waals surface area contributed by atoms with Crippen LogP contribution in [0.4, 0.5) is 0 Å². The van der Waals surface area contributed by atoms with Crippen molar-refractivity contribution in [2.24, 2.45) is 5.92 Å². The largest absolute Gasteiger partial charge is 0.376 e. The third-order valence-corrected chi connectivity index (χ3v) is 4.84. The average Bonchev–Trinajstić information content (AvgIpc) is 3.27. The zero-order valence-electron chi connectivity index (χ0n) is 15.9. The minimum Gasteiger partial charge on any atom is -0.376 e. The van der Waals surface area contributed by atoms with Crippen LogP contribution in [0.15, 0.2) is 31.0 Å². The van der Waals surface area contributed by atoms with E-state index in [2.05, 4.69) is 30.8 Å². The van der Waals surface area contributed by atoms with E-state index in [0.717, 1.165) is 12.1 Å². The molecule has 2 heterocycles. The standard InChI is InChI=1S/C19H26N6O3/c1-2-7-28-17-8-13(18(26)22-12-15-11-20-5-6-21-15)3-4-16(17)25-19(27)14-9-23-24-10-14/h5-6,9-11,13,16-17H,2-4,7-8,12H2,1H3,(H,22,26)(H,23,24)(H,25,27)/t13-,16+,17+/m0/s1. The van der Waals surface area contributed by atoms with Gasteiger partial charge in [0.2, 0.25) is 5.91 Å². The van der Waals surface area contributed by atoms with Gasteiger partial charge in [-0.25, -0.2) is 0 Å². The summed E-state index contributed by atoms with van der Waals surface area (Å²) in [6.45, 7) is 2.98. The van der Waals surface area contributed by atoms with Crippen LogP contribution in [0, 0.1) is 5.92 Å². The Balaban J connectivity index is 1.56.